The molecule has 0 fully saturated rings. The summed E-state index contributed by atoms with van der Waals surface area (Å²) < 4.78 is 35.0. The summed E-state index contributed by atoms with van der Waals surface area (Å²) in [6.45, 7) is 1.78. The van der Waals surface area contributed by atoms with Crippen molar-refractivity contribution in [2.45, 2.75) is 26.3 Å². The summed E-state index contributed by atoms with van der Waals surface area (Å²) in [5, 5.41) is 7.69. The van der Waals surface area contributed by atoms with Gasteiger partial charge in [0.25, 0.3) is 0 Å². The molecule has 0 spiro atoms. The molecule has 0 aliphatic rings. The van der Waals surface area contributed by atoms with E-state index in [-0.39, 0.29) is 30.3 Å². The Morgan fingerprint density at radius 1 is 1.09 bits per heavy atom. The Balaban J connectivity index is 1.52. The van der Waals surface area contributed by atoms with Crippen LogP contribution in [0, 0.1) is 18.6 Å². The van der Waals surface area contributed by atoms with Crippen molar-refractivity contribution in [2.24, 2.45) is 0 Å². The summed E-state index contributed by atoms with van der Waals surface area (Å²) in [4.78, 5) is 12.5. The Bertz CT molecular complexity index is 1350. The van der Waals surface area contributed by atoms with Crippen molar-refractivity contribution in [3.63, 3.8) is 0 Å². The minimum Gasteiger partial charge on any atom is -0.497 e. The zero-order valence-electron chi connectivity index (χ0n) is 19.3. The molecule has 0 saturated carbocycles. The van der Waals surface area contributed by atoms with E-state index in [4.69, 9.17) is 16.3 Å². The molecule has 8 heteroatoms. The van der Waals surface area contributed by atoms with E-state index in [1.165, 1.54) is 18.2 Å². The van der Waals surface area contributed by atoms with Crippen LogP contribution in [-0.4, -0.2) is 22.8 Å². The number of methoxy groups -OCH3 is 1. The van der Waals surface area contributed by atoms with Crippen molar-refractivity contribution >= 4 is 17.5 Å². The van der Waals surface area contributed by atoms with Gasteiger partial charge < -0.3 is 10.1 Å². The van der Waals surface area contributed by atoms with E-state index in [1.54, 1.807) is 36.9 Å². The number of benzene rings is 3. The van der Waals surface area contributed by atoms with Gasteiger partial charge in [-0.2, -0.15) is 5.10 Å². The van der Waals surface area contributed by atoms with Crippen LogP contribution in [0.1, 0.15) is 23.2 Å². The number of aromatic nitrogens is 2. The number of carbonyl (C=O) groups excluding carboxylic acids is 1. The van der Waals surface area contributed by atoms with Gasteiger partial charge in [0.15, 0.2) is 0 Å². The van der Waals surface area contributed by atoms with Crippen molar-refractivity contribution in [3.8, 4) is 22.7 Å². The highest BCUT2D eigenvalue weighted by molar-refractivity contribution is 6.32. The molecular weight excluding hydrogens is 472 g/mol. The molecule has 1 aromatic heterocycles. The molecule has 0 aliphatic carbocycles. The first-order chi connectivity index (χ1) is 16.9. The molecule has 4 rings (SSSR count). The van der Waals surface area contributed by atoms with Gasteiger partial charge in [0.2, 0.25) is 5.91 Å². The number of nitrogens with zero attached hydrogens (tertiary/aromatic N) is 2. The molecule has 0 saturated heterocycles. The predicted octanol–water partition coefficient (Wildman–Crippen LogP) is 6.04. The normalized spacial score (nSPS) is 10.9. The molecule has 180 valence electrons. The minimum absolute atomic E-state index is 0.0000109. The maximum atomic E-state index is 14.1. The second kappa shape index (κ2) is 10.7. The average molecular weight is 496 g/mol. The van der Waals surface area contributed by atoms with Crippen molar-refractivity contribution < 1.29 is 18.3 Å². The molecule has 5 nitrogen and oxygen atoms in total. The molecule has 0 atom stereocenters. The maximum Gasteiger partial charge on any atom is 0.220 e. The summed E-state index contributed by atoms with van der Waals surface area (Å²) in [5.41, 5.74) is 3.79. The lowest BCUT2D eigenvalue weighted by Crippen LogP contribution is -2.24. The third-order valence-electron chi connectivity index (χ3n) is 5.65. The van der Waals surface area contributed by atoms with Crippen molar-refractivity contribution in [3.05, 3.63) is 100 Å². The van der Waals surface area contributed by atoms with Crippen LogP contribution in [0.15, 0.2) is 66.7 Å². The van der Waals surface area contributed by atoms with Gasteiger partial charge in [-0.15, -0.1) is 0 Å². The fourth-order valence-corrected chi connectivity index (χ4v) is 3.94. The van der Waals surface area contributed by atoms with Crippen LogP contribution < -0.4 is 10.1 Å². The SMILES string of the molecule is COc1ccc(-n2nc(CCC(=O)NCc3c(F)ccc(C)c3Cl)cc2-c2cccc(F)c2)cc1. The fourth-order valence-electron chi connectivity index (χ4n) is 3.72. The van der Waals surface area contributed by atoms with Gasteiger partial charge in [0.1, 0.15) is 17.4 Å². The first-order valence-electron chi connectivity index (χ1n) is 11.0. The van der Waals surface area contributed by atoms with Gasteiger partial charge in [-0.3, -0.25) is 4.79 Å². The van der Waals surface area contributed by atoms with E-state index in [2.05, 4.69) is 10.4 Å². The van der Waals surface area contributed by atoms with Gasteiger partial charge in [-0.25, -0.2) is 13.5 Å². The largest absolute Gasteiger partial charge is 0.497 e. The van der Waals surface area contributed by atoms with Gasteiger partial charge in [0.05, 0.1) is 29.2 Å². The van der Waals surface area contributed by atoms with Crippen LogP contribution in [-0.2, 0) is 17.8 Å². The van der Waals surface area contributed by atoms with Crippen molar-refractivity contribution in [1.29, 1.82) is 0 Å². The summed E-state index contributed by atoms with van der Waals surface area (Å²) >= 11 is 6.18. The summed E-state index contributed by atoms with van der Waals surface area (Å²) in [7, 11) is 1.59. The monoisotopic (exact) mass is 495 g/mol. The number of nitrogens with one attached hydrogen (secondary N) is 1. The first kappa shape index (κ1) is 24.4. The number of amides is 1. The average Bonchev–Trinajstić information content (AvgIpc) is 3.29. The molecule has 1 N–H and O–H groups in total. The number of hydrogen-bond donors (Lipinski definition) is 1. The highest BCUT2D eigenvalue weighted by atomic mass is 35.5. The molecule has 3 aromatic carbocycles. The highest BCUT2D eigenvalue weighted by Crippen LogP contribution is 2.27. The number of rotatable bonds is 8. The van der Waals surface area contributed by atoms with E-state index < -0.39 is 5.82 Å². The van der Waals surface area contributed by atoms with Gasteiger partial charge in [-0.05, 0) is 61.0 Å². The number of ether oxygens (including phenoxy) is 1. The molecule has 0 aliphatic heterocycles. The van der Waals surface area contributed by atoms with Gasteiger partial charge in [0, 0.05) is 30.5 Å². The number of hydrogen-bond acceptors (Lipinski definition) is 3. The summed E-state index contributed by atoms with van der Waals surface area (Å²) in [5.74, 6) is -0.365. The highest BCUT2D eigenvalue weighted by Gasteiger charge is 2.15. The zero-order chi connectivity index (χ0) is 24.9. The summed E-state index contributed by atoms with van der Waals surface area (Å²) in [6.07, 6.45) is 0.495. The van der Waals surface area contributed by atoms with Crippen LogP contribution >= 0.6 is 11.6 Å². The molecule has 0 bridgehead atoms. The first-order valence-corrected chi connectivity index (χ1v) is 11.4. The smallest absolute Gasteiger partial charge is 0.220 e. The van der Waals surface area contributed by atoms with E-state index in [0.29, 0.717) is 34.1 Å². The van der Waals surface area contributed by atoms with Gasteiger partial charge in [-0.1, -0.05) is 29.8 Å². The van der Waals surface area contributed by atoms with Crippen LogP contribution in [0.2, 0.25) is 5.02 Å². The van der Waals surface area contributed by atoms with E-state index in [0.717, 1.165) is 11.3 Å². The second-order valence-corrected chi connectivity index (χ2v) is 8.45. The lowest BCUT2D eigenvalue weighted by molar-refractivity contribution is -0.121. The number of aryl methyl sites for hydroxylation is 2. The molecule has 4 aromatic rings. The molecule has 35 heavy (non-hydrogen) atoms. The van der Waals surface area contributed by atoms with E-state index >= 15 is 0 Å². The van der Waals surface area contributed by atoms with Crippen molar-refractivity contribution in [2.75, 3.05) is 7.11 Å². The number of carbonyl (C=O) groups is 1. The molecule has 0 unspecified atom stereocenters. The third kappa shape index (κ3) is 5.69. The third-order valence-corrected chi connectivity index (χ3v) is 6.17. The maximum absolute atomic E-state index is 14.1. The van der Waals surface area contributed by atoms with Crippen molar-refractivity contribution in [1.82, 2.24) is 15.1 Å². The Labute approximate surface area is 207 Å². The molecule has 1 amide bonds. The van der Waals surface area contributed by atoms with E-state index in [1.807, 2.05) is 30.3 Å². The topological polar surface area (TPSA) is 56.2 Å². The number of halogens is 3. The molecular formula is C27H24ClF2N3O2. The Morgan fingerprint density at radius 2 is 1.86 bits per heavy atom. The predicted molar refractivity (Wildman–Crippen MR) is 132 cm³/mol. The Morgan fingerprint density at radius 3 is 2.57 bits per heavy atom. The van der Waals surface area contributed by atoms with Crippen LogP contribution in [0.25, 0.3) is 16.9 Å². The van der Waals surface area contributed by atoms with Crippen LogP contribution in [0.3, 0.4) is 0 Å². The second-order valence-electron chi connectivity index (χ2n) is 8.07. The lowest BCUT2D eigenvalue weighted by Gasteiger charge is -2.10. The quantitative estimate of drug-likeness (QED) is 0.324. The lowest BCUT2D eigenvalue weighted by atomic mass is 10.1. The summed E-state index contributed by atoms with van der Waals surface area (Å²) in [6, 6.07) is 18.4. The molecule has 1 heterocycles. The fraction of sp³-hybridized carbons (Fsp3) is 0.185. The van der Waals surface area contributed by atoms with Crippen LogP contribution in [0.4, 0.5) is 8.78 Å². The van der Waals surface area contributed by atoms with Crippen LogP contribution in [0.5, 0.6) is 5.75 Å². The Hall–Kier alpha value is -3.71. The van der Waals surface area contributed by atoms with E-state index in [9.17, 15) is 13.6 Å². The minimum atomic E-state index is -0.459. The Kier molecular flexibility index (Phi) is 7.46. The standard InChI is InChI=1S/C27H24ClF2N3O2/c1-17-6-12-24(30)23(27(17)28)16-31-26(34)13-7-20-15-25(18-4-3-5-19(29)14-18)33(32-20)21-8-10-22(35-2)11-9-21/h3-6,8-12,14-15H,7,13,16H2,1-2H3,(H,31,34). The van der Waals surface area contributed by atoms with Gasteiger partial charge >= 0.3 is 0 Å². The zero-order valence-corrected chi connectivity index (χ0v) is 20.1. The molecule has 0 radical (unpaired) electrons.